The number of carbonyl (C=O) groups is 2. The summed E-state index contributed by atoms with van der Waals surface area (Å²) in [6, 6.07) is 14.4. The summed E-state index contributed by atoms with van der Waals surface area (Å²) in [5.41, 5.74) is 2.31. The van der Waals surface area contributed by atoms with E-state index in [1.165, 1.54) is 44.1 Å². The van der Waals surface area contributed by atoms with E-state index in [1.807, 2.05) is 19.1 Å². The highest BCUT2D eigenvalue weighted by molar-refractivity contribution is 5.92. The van der Waals surface area contributed by atoms with Crippen LogP contribution < -0.4 is 4.74 Å². The lowest BCUT2D eigenvalue weighted by Gasteiger charge is -2.28. The van der Waals surface area contributed by atoms with Gasteiger partial charge in [0.15, 0.2) is 0 Å². The molecule has 1 saturated carbocycles. The van der Waals surface area contributed by atoms with Crippen molar-refractivity contribution in [1.29, 1.82) is 0 Å². The molecule has 0 bridgehead atoms. The van der Waals surface area contributed by atoms with Gasteiger partial charge in [-0.15, -0.1) is 0 Å². The van der Waals surface area contributed by atoms with Gasteiger partial charge in [0.25, 0.3) is 0 Å². The van der Waals surface area contributed by atoms with Gasteiger partial charge in [-0.1, -0.05) is 58.6 Å². The van der Waals surface area contributed by atoms with Crippen molar-refractivity contribution in [3.05, 3.63) is 65.2 Å². The molecule has 0 heterocycles. The molecule has 0 unspecified atom stereocenters. The third-order valence-corrected chi connectivity index (χ3v) is 7.59. The molecule has 0 aromatic heterocycles. The molecule has 1 atom stereocenters. The molecular weight excluding hydrogens is 436 g/mol. The van der Waals surface area contributed by atoms with Crippen LogP contribution in [-0.4, -0.2) is 18.0 Å². The number of ether oxygens (including phenoxy) is 2. The Hall–Kier alpha value is -2.62. The van der Waals surface area contributed by atoms with E-state index in [4.69, 9.17) is 9.47 Å². The summed E-state index contributed by atoms with van der Waals surface area (Å²) in [5.74, 6) is 1.72. The number of hydrogen-bond donors (Lipinski definition) is 0. The molecule has 2 aromatic carbocycles. The van der Waals surface area contributed by atoms with Gasteiger partial charge in [0.2, 0.25) is 0 Å². The minimum Gasteiger partial charge on any atom is -0.459 e. The SMILES string of the molecule is CCC[C@H]1CC[C@H](c2ccc(C(=O)Oc3ccc(C(=O)O[C@H](C)CC(CC)CC)cc3)cc2)CC1. The molecule has 1 aliphatic carbocycles. The van der Waals surface area contributed by atoms with Gasteiger partial charge >= 0.3 is 11.9 Å². The zero-order valence-corrected chi connectivity index (χ0v) is 21.9. The second-order valence-corrected chi connectivity index (χ2v) is 10.2. The van der Waals surface area contributed by atoms with Gasteiger partial charge in [-0.05, 0) is 98.7 Å². The zero-order valence-electron chi connectivity index (χ0n) is 21.9. The van der Waals surface area contributed by atoms with Crippen molar-refractivity contribution >= 4 is 11.9 Å². The van der Waals surface area contributed by atoms with Crippen molar-refractivity contribution in [2.45, 2.75) is 97.5 Å². The number of carbonyl (C=O) groups excluding carboxylic acids is 2. The van der Waals surface area contributed by atoms with Gasteiger partial charge in [0.05, 0.1) is 17.2 Å². The maximum atomic E-state index is 12.6. The van der Waals surface area contributed by atoms with Crippen molar-refractivity contribution < 1.29 is 19.1 Å². The Morgan fingerprint density at radius 2 is 1.40 bits per heavy atom. The first-order valence-corrected chi connectivity index (χ1v) is 13.6. The highest BCUT2D eigenvalue weighted by Crippen LogP contribution is 2.37. The molecule has 1 aliphatic rings. The number of rotatable bonds is 11. The Kier molecular flexibility index (Phi) is 10.4. The monoisotopic (exact) mass is 478 g/mol. The van der Waals surface area contributed by atoms with Gasteiger partial charge in [-0.2, -0.15) is 0 Å². The fraction of sp³-hybridized carbons (Fsp3) is 0.548. The molecule has 190 valence electrons. The summed E-state index contributed by atoms with van der Waals surface area (Å²) in [6.07, 6.45) is 10.6. The summed E-state index contributed by atoms with van der Waals surface area (Å²) >= 11 is 0. The standard InChI is InChI=1S/C31H42O4/c1-5-8-24-9-11-25(12-10-24)26-13-15-27(16-14-26)31(33)35-29-19-17-28(18-20-29)30(32)34-22(4)21-23(6-2)7-3/h13-20,22-25H,5-12,21H2,1-4H3/t22-,24-,25-/m1/s1. The third kappa shape index (κ3) is 7.95. The van der Waals surface area contributed by atoms with Crippen LogP contribution in [0, 0.1) is 11.8 Å². The number of hydrogen-bond acceptors (Lipinski definition) is 4. The summed E-state index contributed by atoms with van der Waals surface area (Å²) in [4.78, 5) is 25.1. The minimum absolute atomic E-state index is 0.126. The van der Waals surface area contributed by atoms with E-state index in [0.717, 1.165) is 25.2 Å². The Balaban J connectivity index is 1.50. The predicted molar refractivity (Wildman–Crippen MR) is 141 cm³/mol. The average molecular weight is 479 g/mol. The van der Waals surface area contributed by atoms with Gasteiger partial charge in [-0.25, -0.2) is 9.59 Å². The fourth-order valence-corrected chi connectivity index (χ4v) is 5.30. The second-order valence-electron chi connectivity index (χ2n) is 10.2. The normalized spacial score (nSPS) is 18.8. The third-order valence-electron chi connectivity index (χ3n) is 7.59. The minimum atomic E-state index is -0.391. The lowest BCUT2D eigenvalue weighted by Crippen LogP contribution is -2.18. The molecule has 4 heteroatoms. The molecule has 0 N–H and O–H groups in total. The Bertz CT molecular complexity index is 919. The van der Waals surface area contributed by atoms with Crippen molar-refractivity contribution in [2.75, 3.05) is 0 Å². The van der Waals surface area contributed by atoms with Gasteiger partial charge in [0.1, 0.15) is 5.75 Å². The quantitative estimate of drug-likeness (QED) is 0.240. The van der Waals surface area contributed by atoms with Crippen LogP contribution in [0.4, 0.5) is 0 Å². The highest BCUT2D eigenvalue weighted by Gasteiger charge is 2.22. The van der Waals surface area contributed by atoms with Crippen molar-refractivity contribution in [1.82, 2.24) is 0 Å². The van der Waals surface area contributed by atoms with E-state index >= 15 is 0 Å². The summed E-state index contributed by atoms with van der Waals surface area (Å²) in [5, 5.41) is 0. The van der Waals surface area contributed by atoms with Crippen LogP contribution in [-0.2, 0) is 4.74 Å². The van der Waals surface area contributed by atoms with Gasteiger partial charge in [-0.3, -0.25) is 0 Å². The van der Waals surface area contributed by atoms with Crippen molar-refractivity contribution in [2.24, 2.45) is 11.8 Å². The van der Waals surface area contributed by atoms with E-state index in [9.17, 15) is 9.59 Å². The van der Waals surface area contributed by atoms with Gasteiger partial charge < -0.3 is 9.47 Å². The first-order valence-electron chi connectivity index (χ1n) is 13.6. The molecule has 4 nitrogen and oxygen atoms in total. The van der Waals surface area contributed by atoms with Crippen LogP contribution in [0.5, 0.6) is 5.75 Å². The smallest absolute Gasteiger partial charge is 0.343 e. The van der Waals surface area contributed by atoms with Crippen molar-refractivity contribution in [3.8, 4) is 5.75 Å². The van der Waals surface area contributed by atoms with Crippen LogP contribution in [0.15, 0.2) is 48.5 Å². The lowest BCUT2D eigenvalue weighted by molar-refractivity contribution is 0.0285. The van der Waals surface area contributed by atoms with E-state index in [1.54, 1.807) is 24.3 Å². The lowest BCUT2D eigenvalue weighted by atomic mass is 9.77. The molecule has 1 fully saturated rings. The molecule has 2 aromatic rings. The summed E-state index contributed by atoms with van der Waals surface area (Å²) < 4.78 is 11.1. The highest BCUT2D eigenvalue weighted by atomic mass is 16.5. The molecule has 35 heavy (non-hydrogen) atoms. The molecule has 0 aliphatic heterocycles. The summed E-state index contributed by atoms with van der Waals surface area (Å²) in [6.45, 7) is 8.53. The van der Waals surface area contributed by atoms with Crippen LogP contribution >= 0.6 is 0 Å². The second kappa shape index (κ2) is 13.5. The van der Waals surface area contributed by atoms with E-state index in [-0.39, 0.29) is 12.1 Å². The molecule has 0 amide bonds. The molecular formula is C31H42O4. The van der Waals surface area contributed by atoms with Crippen LogP contribution in [0.3, 0.4) is 0 Å². The Morgan fingerprint density at radius 1 is 0.829 bits per heavy atom. The van der Waals surface area contributed by atoms with Gasteiger partial charge in [0, 0.05) is 0 Å². The average Bonchev–Trinajstić information content (AvgIpc) is 2.88. The maximum Gasteiger partial charge on any atom is 0.343 e. The molecule has 0 saturated heterocycles. The van der Waals surface area contributed by atoms with E-state index < -0.39 is 5.97 Å². The molecule has 0 radical (unpaired) electrons. The topological polar surface area (TPSA) is 52.6 Å². The van der Waals surface area contributed by atoms with E-state index in [0.29, 0.717) is 28.7 Å². The molecule has 0 spiro atoms. The Morgan fingerprint density at radius 3 is 1.97 bits per heavy atom. The number of benzene rings is 2. The zero-order chi connectivity index (χ0) is 25.2. The summed E-state index contributed by atoms with van der Waals surface area (Å²) in [7, 11) is 0. The first-order chi connectivity index (χ1) is 16.9. The van der Waals surface area contributed by atoms with Crippen LogP contribution in [0.25, 0.3) is 0 Å². The largest absolute Gasteiger partial charge is 0.459 e. The maximum absolute atomic E-state index is 12.6. The molecule has 3 rings (SSSR count). The van der Waals surface area contributed by atoms with Crippen LogP contribution in [0.1, 0.15) is 118 Å². The van der Waals surface area contributed by atoms with E-state index in [2.05, 4.69) is 32.9 Å². The predicted octanol–water partition coefficient (Wildman–Crippen LogP) is 8.35. The first kappa shape index (κ1) is 27.0. The Labute approximate surface area is 211 Å². The fourth-order valence-electron chi connectivity index (χ4n) is 5.30. The van der Waals surface area contributed by atoms with Crippen LogP contribution in [0.2, 0.25) is 0 Å². The number of esters is 2. The van der Waals surface area contributed by atoms with Crippen molar-refractivity contribution in [3.63, 3.8) is 0 Å².